The Balaban J connectivity index is 2.00. The first-order chi connectivity index (χ1) is 9.74. The van der Waals surface area contributed by atoms with Crippen LogP contribution in [0.5, 0.6) is 0 Å². The molecule has 1 aromatic carbocycles. The molecule has 116 valence electrons. The number of rotatable bonds is 6. The summed E-state index contributed by atoms with van der Waals surface area (Å²) in [5.41, 5.74) is 0.518. The van der Waals surface area contributed by atoms with Crippen molar-refractivity contribution < 1.29 is 13.2 Å². The van der Waals surface area contributed by atoms with Gasteiger partial charge in [-0.2, -0.15) is 0 Å². The van der Waals surface area contributed by atoms with Crippen molar-refractivity contribution >= 4 is 27.5 Å². The molecule has 0 bridgehead atoms. The maximum atomic E-state index is 12.6. The molecule has 1 fully saturated rings. The molecular formula is C14H19ClN2O3S. The number of sulfonamides is 1. The third-order valence-electron chi connectivity index (χ3n) is 3.71. The quantitative estimate of drug-likeness (QED) is 0.857. The summed E-state index contributed by atoms with van der Waals surface area (Å²) in [7, 11) is -1.53. The number of likely N-dealkylation sites (N-methyl/N-ethyl adjacent to an activating group) is 1. The van der Waals surface area contributed by atoms with Crippen LogP contribution in [-0.4, -0.2) is 45.6 Å². The third kappa shape index (κ3) is 3.96. The smallest absolute Gasteiger partial charge is 0.233 e. The van der Waals surface area contributed by atoms with E-state index < -0.39 is 15.4 Å². The number of hydrogen-bond donors (Lipinski definition) is 1. The van der Waals surface area contributed by atoms with Crippen LogP contribution in [0.4, 0.5) is 0 Å². The van der Waals surface area contributed by atoms with Crippen LogP contribution in [0.25, 0.3) is 0 Å². The highest BCUT2D eigenvalue weighted by atomic mass is 35.5. The molecule has 0 aliphatic heterocycles. The summed E-state index contributed by atoms with van der Waals surface area (Å²) in [4.78, 5) is 14.2. The second-order valence-corrected chi connectivity index (χ2v) is 7.75. The number of hydrogen-bond acceptors (Lipinski definition) is 3. The molecule has 1 aliphatic carbocycles. The van der Waals surface area contributed by atoms with Gasteiger partial charge in [-0.25, -0.2) is 13.1 Å². The van der Waals surface area contributed by atoms with Crippen molar-refractivity contribution in [3.8, 4) is 0 Å². The zero-order valence-electron chi connectivity index (χ0n) is 12.1. The molecule has 0 spiro atoms. The molecule has 1 amide bonds. The highest BCUT2D eigenvalue weighted by molar-refractivity contribution is 7.88. The Labute approximate surface area is 130 Å². The number of nitrogens with zero attached hydrogens (tertiary/aromatic N) is 1. The van der Waals surface area contributed by atoms with E-state index in [4.69, 9.17) is 11.6 Å². The molecule has 1 aliphatic rings. The summed E-state index contributed by atoms with van der Waals surface area (Å²) in [6, 6.07) is 7.34. The molecule has 1 N–H and O–H groups in total. The van der Waals surface area contributed by atoms with E-state index in [9.17, 15) is 13.2 Å². The van der Waals surface area contributed by atoms with E-state index in [1.54, 1.807) is 24.1 Å². The van der Waals surface area contributed by atoms with Gasteiger partial charge >= 0.3 is 0 Å². The predicted octanol–water partition coefficient (Wildman–Crippen LogP) is 1.38. The first kappa shape index (κ1) is 16.3. The van der Waals surface area contributed by atoms with Crippen LogP contribution in [0.1, 0.15) is 18.4 Å². The van der Waals surface area contributed by atoms with Crippen molar-refractivity contribution in [1.29, 1.82) is 0 Å². The number of carbonyl (C=O) groups excluding carboxylic acids is 1. The largest absolute Gasteiger partial charge is 0.344 e. The molecule has 2 rings (SSSR count). The summed E-state index contributed by atoms with van der Waals surface area (Å²) in [6.07, 6.45) is 2.74. The second-order valence-electron chi connectivity index (χ2n) is 5.48. The van der Waals surface area contributed by atoms with Gasteiger partial charge in [0.05, 0.1) is 11.7 Å². The fourth-order valence-corrected chi connectivity index (χ4v) is 2.97. The van der Waals surface area contributed by atoms with Crippen LogP contribution < -0.4 is 4.72 Å². The van der Waals surface area contributed by atoms with Gasteiger partial charge < -0.3 is 4.90 Å². The molecule has 21 heavy (non-hydrogen) atoms. The molecule has 0 atom stereocenters. The van der Waals surface area contributed by atoms with Crippen LogP contribution in [0.3, 0.4) is 0 Å². The van der Waals surface area contributed by atoms with E-state index in [1.165, 1.54) is 0 Å². The number of benzene rings is 1. The van der Waals surface area contributed by atoms with E-state index in [0.29, 0.717) is 11.6 Å². The molecule has 7 heteroatoms. The van der Waals surface area contributed by atoms with Crippen molar-refractivity contribution in [1.82, 2.24) is 9.62 Å². The maximum Gasteiger partial charge on any atom is 0.233 e. The van der Waals surface area contributed by atoms with Crippen LogP contribution in [0.2, 0.25) is 5.02 Å². The van der Waals surface area contributed by atoms with Crippen LogP contribution in [-0.2, 0) is 20.2 Å². The normalized spacial score (nSPS) is 16.5. The monoisotopic (exact) mass is 330 g/mol. The zero-order chi connectivity index (χ0) is 15.7. The van der Waals surface area contributed by atoms with Gasteiger partial charge in [0, 0.05) is 25.2 Å². The van der Waals surface area contributed by atoms with E-state index in [-0.39, 0.29) is 12.5 Å². The van der Waals surface area contributed by atoms with Gasteiger partial charge in [-0.05, 0) is 30.5 Å². The lowest BCUT2D eigenvalue weighted by atomic mass is 9.94. The number of carbonyl (C=O) groups is 1. The number of amides is 1. The minimum atomic E-state index is -3.22. The first-order valence-corrected chi connectivity index (χ1v) is 8.98. The summed E-state index contributed by atoms with van der Waals surface area (Å²) < 4.78 is 24.4. The van der Waals surface area contributed by atoms with Crippen molar-refractivity contribution in [2.24, 2.45) is 0 Å². The summed E-state index contributed by atoms with van der Waals surface area (Å²) >= 11 is 5.88. The Morgan fingerprint density at radius 3 is 2.38 bits per heavy atom. The molecule has 1 aromatic rings. The van der Waals surface area contributed by atoms with Gasteiger partial charge in [-0.1, -0.05) is 23.7 Å². The van der Waals surface area contributed by atoms with E-state index >= 15 is 0 Å². The lowest BCUT2D eigenvalue weighted by molar-refractivity contribution is -0.132. The molecule has 0 unspecified atom stereocenters. The Morgan fingerprint density at radius 1 is 1.33 bits per heavy atom. The van der Waals surface area contributed by atoms with E-state index in [2.05, 4.69) is 4.72 Å². The highest BCUT2D eigenvalue weighted by Gasteiger charge is 2.52. The minimum Gasteiger partial charge on any atom is -0.344 e. The molecule has 1 saturated carbocycles. The van der Waals surface area contributed by atoms with Gasteiger partial charge in [-0.3, -0.25) is 4.79 Å². The Bertz CT molecular complexity index is 624. The standard InChI is InChI=1S/C14H19ClN2O3S/c1-17(10-9-16-21(2,19)20)13(18)14(7-8-14)11-3-5-12(15)6-4-11/h3-6,16H,7-10H2,1-2H3. The van der Waals surface area contributed by atoms with Gasteiger partial charge in [0.2, 0.25) is 15.9 Å². The number of nitrogens with one attached hydrogen (secondary N) is 1. The maximum absolute atomic E-state index is 12.6. The molecule has 0 aromatic heterocycles. The van der Waals surface area contributed by atoms with Crippen LogP contribution in [0, 0.1) is 0 Å². The Kier molecular flexibility index (Phi) is 4.60. The summed E-state index contributed by atoms with van der Waals surface area (Å²) in [5, 5.41) is 0.646. The molecule has 5 nitrogen and oxygen atoms in total. The average molecular weight is 331 g/mol. The van der Waals surface area contributed by atoms with Gasteiger partial charge in [0.15, 0.2) is 0 Å². The first-order valence-electron chi connectivity index (χ1n) is 6.71. The van der Waals surface area contributed by atoms with Gasteiger partial charge in [-0.15, -0.1) is 0 Å². The minimum absolute atomic E-state index is 0.0279. The molecule has 0 heterocycles. The fraction of sp³-hybridized carbons (Fsp3) is 0.500. The fourth-order valence-electron chi connectivity index (χ4n) is 2.39. The second kappa shape index (κ2) is 5.94. The van der Waals surface area contributed by atoms with Crippen LogP contribution >= 0.6 is 11.6 Å². The molecule has 0 saturated heterocycles. The van der Waals surface area contributed by atoms with Gasteiger partial charge in [0.25, 0.3) is 0 Å². The topological polar surface area (TPSA) is 66.5 Å². The van der Waals surface area contributed by atoms with Crippen molar-refractivity contribution in [2.45, 2.75) is 18.3 Å². The molecule has 0 radical (unpaired) electrons. The number of halogens is 1. The zero-order valence-corrected chi connectivity index (χ0v) is 13.7. The van der Waals surface area contributed by atoms with E-state index in [1.807, 2.05) is 12.1 Å². The van der Waals surface area contributed by atoms with Crippen molar-refractivity contribution in [3.05, 3.63) is 34.9 Å². The SMILES string of the molecule is CN(CCNS(C)(=O)=O)C(=O)C1(c2ccc(Cl)cc2)CC1. The summed E-state index contributed by atoms with van der Waals surface area (Å²) in [5.74, 6) is 0.0279. The van der Waals surface area contributed by atoms with Crippen molar-refractivity contribution in [2.75, 3.05) is 26.4 Å². The predicted molar refractivity (Wildman–Crippen MR) is 82.8 cm³/mol. The van der Waals surface area contributed by atoms with E-state index in [0.717, 1.165) is 24.7 Å². The summed E-state index contributed by atoms with van der Waals surface area (Å²) in [6.45, 7) is 0.568. The lowest BCUT2D eigenvalue weighted by Crippen LogP contribution is -2.41. The lowest BCUT2D eigenvalue weighted by Gasteiger charge is -2.24. The Morgan fingerprint density at radius 2 is 1.90 bits per heavy atom. The van der Waals surface area contributed by atoms with Crippen molar-refractivity contribution in [3.63, 3.8) is 0 Å². The van der Waals surface area contributed by atoms with Crippen LogP contribution in [0.15, 0.2) is 24.3 Å². The molecular weight excluding hydrogens is 312 g/mol. The average Bonchev–Trinajstić information content (AvgIpc) is 3.18. The Hall–Kier alpha value is -1.11. The third-order valence-corrected chi connectivity index (χ3v) is 4.69. The van der Waals surface area contributed by atoms with Gasteiger partial charge in [0.1, 0.15) is 0 Å². The highest BCUT2D eigenvalue weighted by Crippen LogP contribution is 2.49.